The lowest BCUT2D eigenvalue weighted by atomic mass is 10.0. The Morgan fingerprint density at radius 3 is 2.65 bits per heavy atom. The van der Waals surface area contributed by atoms with Gasteiger partial charge in [-0.3, -0.25) is 10.1 Å². The molecule has 0 saturated carbocycles. The van der Waals surface area contributed by atoms with Gasteiger partial charge >= 0.3 is 0 Å². The van der Waals surface area contributed by atoms with Crippen molar-refractivity contribution >= 4 is 22.9 Å². The summed E-state index contributed by atoms with van der Waals surface area (Å²) in [6, 6.07) is 2.84. The predicted octanol–water partition coefficient (Wildman–Crippen LogP) is 2.19. The smallest absolute Gasteiger partial charge is 0.273 e. The quantitative estimate of drug-likeness (QED) is 0.495. The summed E-state index contributed by atoms with van der Waals surface area (Å²) >= 11 is 4.95. The van der Waals surface area contributed by atoms with Crippen molar-refractivity contribution in [2.24, 2.45) is 5.73 Å². The highest BCUT2D eigenvalue weighted by Crippen LogP contribution is 2.29. The van der Waals surface area contributed by atoms with E-state index in [1.54, 1.807) is 0 Å². The van der Waals surface area contributed by atoms with E-state index < -0.39 is 4.92 Å². The van der Waals surface area contributed by atoms with E-state index in [-0.39, 0.29) is 10.7 Å². The number of methoxy groups -OCH3 is 1. The first-order valence-electron chi connectivity index (χ1n) is 5.16. The van der Waals surface area contributed by atoms with Gasteiger partial charge in [0, 0.05) is 6.07 Å². The molecule has 1 aromatic carbocycles. The van der Waals surface area contributed by atoms with Crippen LogP contribution in [0.1, 0.15) is 24.5 Å². The number of hydrogen-bond donors (Lipinski definition) is 1. The van der Waals surface area contributed by atoms with Crippen LogP contribution in [0.5, 0.6) is 5.75 Å². The number of non-ortho nitro benzene ring substituents is 1. The van der Waals surface area contributed by atoms with Gasteiger partial charge in [0.15, 0.2) is 0 Å². The van der Waals surface area contributed by atoms with Gasteiger partial charge in [0.25, 0.3) is 5.69 Å². The first kappa shape index (κ1) is 13.4. The standard InChI is InChI=1S/C11H14N2O3S/c1-3-4-7-5-8(13(14)15)6-9(16-2)10(7)11(12)17/h5-6H,3-4H2,1-2H3,(H2,12,17). The average Bonchev–Trinajstić information content (AvgIpc) is 2.27. The molecule has 0 amide bonds. The Hall–Kier alpha value is -1.69. The Bertz CT molecular complexity index is 460. The summed E-state index contributed by atoms with van der Waals surface area (Å²) < 4.78 is 5.11. The van der Waals surface area contributed by atoms with Crippen molar-refractivity contribution in [2.45, 2.75) is 19.8 Å². The van der Waals surface area contributed by atoms with Crippen molar-refractivity contribution in [1.29, 1.82) is 0 Å². The molecule has 0 atom stereocenters. The SMILES string of the molecule is CCCc1cc([N+](=O)[O-])cc(OC)c1C(N)=S. The normalized spacial score (nSPS) is 10.0. The van der Waals surface area contributed by atoms with E-state index in [9.17, 15) is 10.1 Å². The zero-order chi connectivity index (χ0) is 13.0. The summed E-state index contributed by atoms with van der Waals surface area (Å²) in [6.07, 6.45) is 1.52. The van der Waals surface area contributed by atoms with Crippen molar-refractivity contribution in [2.75, 3.05) is 7.11 Å². The van der Waals surface area contributed by atoms with Crippen LogP contribution >= 0.6 is 12.2 Å². The summed E-state index contributed by atoms with van der Waals surface area (Å²) in [4.78, 5) is 10.5. The Labute approximate surface area is 105 Å². The zero-order valence-electron chi connectivity index (χ0n) is 9.73. The van der Waals surface area contributed by atoms with E-state index in [4.69, 9.17) is 22.7 Å². The number of thiocarbonyl (C=S) groups is 1. The van der Waals surface area contributed by atoms with Crippen LogP contribution in [0.25, 0.3) is 0 Å². The van der Waals surface area contributed by atoms with Crippen LogP contribution in [-0.2, 0) is 6.42 Å². The largest absolute Gasteiger partial charge is 0.496 e. The van der Waals surface area contributed by atoms with Gasteiger partial charge in [-0.1, -0.05) is 25.6 Å². The van der Waals surface area contributed by atoms with Crippen molar-refractivity contribution in [3.05, 3.63) is 33.4 Å². The van der Waals surface area contributed by atoms with Crippen LogP contribution in [0.4, 0.5) is 5.69 Å². The second-order valence-electron chi connectivity index (χ2n) is 3.55. The molecule has 2 N–H and O–H groups in total. The molecular formula is C11H14N2O3S. The molecule has 6 heteroatoms. The number of aryl methyl sites for hydroxylation is 1. The van der Waals surface area contributed by atoms with Crippen molar-refractivity contribution in [1.82, 2.24) is 0 Å². The minimum absolute atomic E-state index is 0.00898. The van der Waals surface area contributed by atoms with E-state index in [1.165, 1.54) is 19.2 Å². The van der Waals surface area contributed by atoms with E-state index in [1.807, 2.05) is 6.92 Å². The van der Waals surface area contributed by atoms with Gasteiger partial charge in [0.05, 0.1) is 23.7 Å². The van der Waals surface area contributed by atoms with Gasteiger partial charge in [-0.15, -0.1) is 0 Å². The van der Waals surface area contributed by atoms with Gasteiger partial charge < -0.3 is 10.5 Å². The highest BCUT2D eigenvalue weighted by Gasteiger charge is 2.18. The number of nitro groups is 1. The molecule has 0 aliphatic rings. The highest BCUT2D eigenvalue weighted by atomic mass is 32.1. The number of ether oxygens (including phenoxy) is 1. The molecule has 92 valence electrons. The lowest BCUT2D eigenvalue weighted by molar-refractivity contribution is -0.385. The molecule has 0 fully saturated rings. The lowest BCUT2D eigenvalue weighted by Gasteiger charge is -2.12. The molecule has 0 aliphatic heterocycles. The maximum atomic E-state index is 10.8. The third-order valence-electron chi connectivity index (χ3n) is 2.37. The minimum Gasteiger partial charge on any atom is -0.496 e. The van der Waals surface area contributed by atoms with Crippen LogP contribution in [-0.4, -0.2) is 17.0 Å². The third-order valence-corrected chi connectivity index (χ3v) is 2.57. The first-order valence-corrected chi connectivity index (χ1v) is 5.57. The van der Waals surface area contributed by atoms with Crippen molar-refractivity contribution in [3.8, 4) is 5.75 Å². The van der Waals surface area contributed by atoms with E-state index in [2.05, 4.69) is 0 Å². The van der Waals surface area contributed by atoms with Crippen LogP contribution in [0, 0.1) is 10.1 Å². The lowest BCUT2D eigenvalue weighted by Crippen LogP contribution is -2.14. The molecule has 5 nitrogen and oxygen atoms in total. The number of nitrogens with two attached hydrogens (primary N) is 1. The molecule has 0 aromatic heterocycles. The Kier molecular flexibility index (Phi) is 4.39. The predicted molar refractivity (Wildman–Crippen MR) is 69.5 cm³/mol. The molecule has 1 aromatic rings. The summed E-state index contributed by atoms with van der Waals surface area (Å²) in [5.74, 6) is 0.357. The molecule has 0 saturated heterocycles. The fourth-order valence-corrected chi connectivity index (χ4v) is 1.90. The molecule has 17 heavy (non-hydrogen) atoms. The maximum absolute atomic E-state index is 10.8. The second kappa shape index (κ2) is 5.58. The summed E-state index contributed by atoms with van der Waals surface area (Å²) in [6.45, 7) is 1.98. The Morgan fingerprint density at radius 2 is 2.24 bits per heavy atom. The Balaban J connectivity index is 3.45. The molecule has 0 radical (unpaired) electrons. The van der Waals surface area contributed by atoms with Crippen molar-refractivity contribution in [3.63, 3.8) is 0 Å². The van der Waals surface area contributed by atoms with Gasteiger partial charge in [0.1, 0.15) is 10.7 Å². The number of hydrogen-bond acceptors (Lipinski definition) is 4. The fraction of sp³-hybridized carbons (Fsp3) is 0.364. The maximum Gasteiger partial charge on any atom is 0.273 e. The van der Waals surface area contributed by atoms with Crippen LogP contribution in [0.2, 0.25) is 0 Å². The molecule has 0 unspecified atom stereocenters. The van der Waals surface area contributed by atoms with E-state index in [0.717, 1.165) is 12.0 Å². The molecule has 0 aliphatic carbocycles. The van der Waals surface area contributed by atoms with Gasteiger partial charge in [-0.25, -0.2) is 0 Å². The van der Waals surface area contributed by atoms with Crippen LogP contribution in [0.15, 0.2) is 12.1 Å². The third kappa shape index (κ3) is 2.91. The van der Waals surface area contributed by atoms with Gasteiger partial charge in [0.2, 0.25) is 0 Å². The highest BCUT2D eigenvalue weighted by molar-refractivity contribution is 7.80. The van der Waals surface area contributed by atoms with Gasteiger partial charge in [-0.2, -0.15) is 0 Å². The van der Waals surface area contributed by atoms with Crippen LogP contribution in [0.3, 0.4) is 0 Å². The molecule has 1 rings (SSSR count). The topological polar surface area (TPSA) is 78.4 Å². The molecule has 0 spiro atoms. The number of nitro benzene ring substituents is 1. The summed E-state index contributed by atoms with van der Waals surface area (Å²) in [5.41, 5.74) is 6.97. The van der Waals surface area contributed by atoms with Crippen molar-refractivity contribution < 1.29 is 9.66 Å². The second-order valence-corrected chi connectivity index (χ2v) is 3.99. The fourth-order valence-electron chi connectivity index (χ4n) is 1.67. The number of nitrogens with zero attached hydrogens (tertiary/aromatic N) is 1. The molecule has 0 bridgehead atoms. The van der Waals surface area contributed by atoms with E-state index >= 15 is 0 Å². The average molecular weight is 254 g/mol. The van der Waals surface area contributed by atoms with Gasteiger partial charge in [-0.05, 0) is 12.0 Å². The first-order chi connectivity index (χ1) is 8.01. The summed E-state index contributed by atoms with van der Waals surface area (Å²) in [5, 5.41) is 10.8. The number of benzene rings is 1. The zero-order valence-corrected chi connectivity index (χ0v) is 10.5. The minimum atomic E-state index is -0.453. The Morgan fingerprint density at radius 1 is 1.59 bits per heavy atom. The molecular weight excluding hydrogens is 240 g/mol. The monoisotopic (exact) mass is 254 g/mol. The molecule has 0 heterocycles. The van der Waals surface area contributed by atoms with E-state index in [0.29, 0.717) is 17.7 Å². The van der Waals surface area contributed by atoms with Crippen LogP contribution < -0.4 is 10.5 Å². The summed E-state index contributed by atoms with van der Waals surface area (Å²) in [7, 11) is 1.44. The number of rotatable bonds is 5.